The number of nitrogens with two attached hydrogens (primary N) is 1. The van der Waals surface area contributed by atoms with Crippen LogP contribution < -0.4 is 10.5 Å². The number of hydrogen-bond donors (Lipinski definition) is 2. The van der Waals surface area contributed by atoms with E-state index in [0.717, 1.165) is 10.6 Å². The van der Waals surface area contributed by atoms with Gasteiger partial charge in [-0.25, -0.2) is 18.5 Å². The Labute approximate surface area is 110 Å². The lowest BCUT2D eigenvalue weighted by atomic mass is 10.2. The molecule has 1 aromatic heterocycles. The first kappa shape index (κ1) is 13.2. The van der Waals surface area contributed by atoms with Crippen LogP contribution >= 0.6 is 11.3 Å². The molecule has 0 atom stereocenters. The van der Waals surface area contributed by atoms with E-state index in [1.54, 1.807) is 29.7 Å². The molecule has 0 radical (unpaired) electrons. The molecule has 0 aliphatic heterocycles. The summed E-state index contributed by atoms with van der Waals surface area (Å²) in [5.74, 6) is 0. The summed E-state index contributed by atoms with van der Waals surface area (Å²) in [4.78, 5) is 4.28. The van der Waals surface area contributed by atoms with Crippen molar-refractivity contribution in [2.24, 2.45) is 5.14 Å². The Bertz CT molecular complexity index is 609. The average Bonchev–Trinajstić information content (AvgIpc) is 2.81. The van der Waals surface area contributed by atoms with Crippen LogP contribution in [0, 0.1) is 0 Å². The highest BCUT2D eigenvalue weighted by Crippen LogP contribution is 2.10. The van der Waals surface area contributed by atoms with Gasteiger partial charge >= 0.3 is 0 Å². The van der Waals surface area contributed by atoms with Crippen molar-refractivity contribution >= 4 is 21.4 Å². The Morgan fingerprint density at radius 2 is 2.17 bits per heavy atom. The van der Waals surface area contributed by atoms with Gasteiger partial charge in [-0.1, -0.05) is 12.1 Å². The number of primary sulfonamides is 1. The lowest BCUT2D eigenvalue weighted by molar-refractivity contribution is 0.597. The van der Waals surface area contributed by atoms with Crippen LogP contribution in [0.2, 0.25) is 0 Å². The molecule has 2 aromatic rings. The fourth-order valence-corrected chi connectivity index (χ4v) is 2.66. The second-order valence-corrected chi connectivity index (χ2v) is 6.26. The van der Waals surface area contributed by atoms with Crippen molar-refractivity contribution < 1.29 is 8.42 Å². The Morgan fingerprint density at radius 3 is 2.83 bits per heavy atom. The minimum absolute atomic E-state index is 0.135. The van der Waals surface area contributed by atoms with E-state index in [0.29, 0.717) is 13.1 Å². The van der Waals surface area contributed by atoms with Crippen molar-refractivity contribution in [1.29, 1.82) is 0 Å². The van der Waals surface area contributed by atoms with E-state index in [2.05, 4.69) is 10.3 Å². The minimum Gasteiger partial charge on any atom is -0.306 e. The fourth-order valence-electron chi connectivity index (χ4n) is 1.49. The lowest BCUT2D eigenvalue weighted by Crippen LogP contribution is -2.15. The first-order chi connectivity index (χ1) is 8.55. The molecule has 96 valence electrons. The van der Waals surface area contributed by atoms with E-state index in [1.165, 1.54) is 6.07 Å². The van der Waals surface area contributed by atoms with Crippen molar-refractivity contribution in [3.05, 3.63) is 46.4 Å². The minimum atomic E-state index is -3.63. The zero-order valence-corrected chi connectivity index (χ0v) is 11.2. The van der Waals surface area contributed by atoms with Crippen LogP contribution in [0.4, 0.5) is 0 Å². The van der Waals surface area contributed by atoms with Gasteiger partial charge in [0.1, 0.15) is 5.01 Å². The van der Waals surface area contributed by atoms with Gasteiger partial charge in [-0.15, -0.1) is 11.3 Å². The number of sulfonamides is 1. The summed E-state index contributed by atoms with van der Waals surface area (Å²) < 4.78 is 22.4. The Morgan fingerprint density at radius 1 is 1.33 bits per heavy atom. The van der Waals surface area contributed by atoms with Crippen LogP contribution in [-0.4, -0.2) is 13.4 Å². The van der Waals surface area contributed by atoms with Gasteiger partial charge in [0.2, 0.25) is 10.0 Å². The van der Waals surface area contributed by atoms with Crippen LogP contribution in [0.3, 0.4) is 0 Å². The zero-order valence-electron chi connectivity index (χ0n) is 9.54. The number of rotatable bonds is 5. The molecule has 0 saturated heterocycles. The SMILES string of the molecule is NS(=O)(=O)c1cccc(CNCc2nccs2)c1. The third kappa shape index (κ3) is 3.61. The largest absolute Gasteiger partial charge is 0.306 e. The molecule has 3 N–H and O–H groups in total. The van der Waals surface area contributed by atoms with Gasteiger partial charge in [0, 0.05) is 24.7 Å². The van der Waals surface area contributed by atoms with E-state index in [1.807, 2.05) is 11.4 Å². The Kier molecular flexibility index (Phi) is 4.07. The maximum absolute atomic E-state index is 11.2. The third-order valence-electron chi connectivity index (χ3n) is 2.32. The molecule has 1 aromatic carbocycles. The van der Waals surface area contributed by atoms with Crippen LogP contribution in [-0.2, 0) is 23.1 Å². The molecule has 0 amide bonds. The summed E-state index contributed by atoms with van der Waals surface area (Å²) in [5, 5.41) is 11.2. The number of aromatic nitrogens is 1. The first-order valence-electron chi connectivity index (χ1n) is 5.26. The highest BCUT2D eigenvalue weighted by Gasteiger charge is 2.07. The first-order valence-corrected chi connectivity index (χ1v) is 7.69. The van der Waals surface area contributed by atoms with Gasteiger partial charge in [0.25, 0.3) is 0 Å². The smallest absolute Gasteiger partial charge is 0.238 e. The molecule has 0 unspecified atom stereocenters. The topological polar surface area (TPSA) is 85.1 Å². The molecule has 0 bridgehead atoms. The van der Waals surface area contributed by atoms with E-state index < -0.39 is 10.0 Å². The van der Waals surface area contributed by atoms with Crippen LogP contribution in [0.15, 0.2) is 40.7 Å². The maximum atomic E-state index is 11.2. The van der Waals surface area contributed by atoms with Gasteiger partial charge in [-0.05, 0) is 17.7 Å². The number of hydrogen-bond acceptors (Lipinski definition) is 5. The number of nitrogens with one attached hydrogen (secondary N) is 1. The van der Waals surface area contributed by atoms with Crippen LogP contribution in [0.1, 0.15) is 10.6 Å². The van der Waals surface area contributed by atoms with E-state index in [9.17, 15) is 8.42 Å². The zero-order chi connectivity index (χ0) is 13.0. The molecular formula is C11H13N3O2S2. The molecule has 18 heavy (non-hydrogen) atoms. The van der Waals surface area contributed by atoms with Crippen molar-refractivity contribution in [3.63, 3.8) is 0 Å². The van der Waals surface area contributed by atoms with Crippen LogP contribution in [0.25, 0.3) is 0 Å². The number of thiazole rings is 1. The monoisotopic (exact) mass is 283 g/mol. The summed E-state index contributed by atoms with van der Waals surface area (Å²) in [7, 11) is -3.63. The standard InChI is InChI=1S/C11H13N3O2S2/c12-18(15,16)10-3-1-2-9(6-10)7-13-8-11-14-4-5-17-11/h1-6,13H,7-8H2,(H2,12,15,16). The van der Waals surface area contributed by atoms with Crippen LogP contribution in [0.5, 0.6) is 0 Å². The lowest BCUT2D eigenvalue weighted by Gasteiger charge is -2.05. The van der Waals surface area contributed by atoms with Gasteiger partial charge in [-0.3, -0.25) is 0 Å². The number of nitrogens with zero attached hydrogens (tertiary/aromatic N) is 1. The Balaban J connectivity index is 1.98. The highest BCUT2D eigenvalue weighted by atomic mass is 32.2. The second kappa shape index (κ2) is 5.57. The summed E-state index contributed by atoms with van der Waals surface area (Å²) in [5.41, 5.74) is 0.873. The van der Waals surface area contributed by atoms with E-state index in [-0.39, 0.29) is 4.90 Å². The molecule has 0 aliphatic carbocycles. The summed E-state index contributed by atoms with van der Waals surface area (Å²) in [6.07, 6.45) is 1.75. The summed E-state index contributed by atoms with van der Waals surface area (Å²) in [6, 6.07) is 6.59. The summed E-state index contributed by atoms with van der Waals surface area (Å²) >= 11 is 1.58. The van der Waals surface area contributed by atoms with Crippen molar-refractivity contribution in [1.82, 2.24) is 10.3 Å². The van der Waals surface area contributed by atoms with Gasteiger partial charge in [-0.2, -0.15) is 0 Å². The predicted octanol–water partition coefficient (Wildman–Crippen LogP) is 1.08. The highest BCUT2D eigenvalue weighted by molar-refractivity contribution is 7.89. The normalized spacial score (nSPS) is 11.6. The molecule has 0 spiro atoms. The maximum Gasteiger partial charge on any atom is 0.238 e. The van der Waals surface area contributed by atoms with E-state index in [4.69, 9.17) is 5.14 Å². The average molecular weight is 283 g/mol. The molecule has 2 rings (SSSR count). The van der Waals surface area contributed by atoms with Crippen molar-refractivity contribution in [3.8, 4) is 0 Å². The van der Waals surface area contributed by atoms with Gasteiger partial charge in [0.05, 0.1) is 4.90 Å². The molecule has 0 aliphatic rings. The second-order valence-electron chi connectivity index (χ2n) is 3.72. The Hall–Kier alpha value is -1.28. The van der Waals surface area contributed by atoms with E-state index >= 15 is 0 Å². The van der Waals surface area contributed by atoms with Gasteiger partial charge < -0.3 is 5.32 Å². The molecule has 0 saturated carbocycles. The number of benzene rings is 1. The summed E-state index contributed by atoms with van der Waals surface area (Å²) in [6.45, 7) is 1.24. The van der Waals surface area contributed by atoms with Crippen molar-refractivity contribution in [2.75, 3.05) is 0 Å². The third-order valence-corrected chi connectivity index (χ3v) is 4.01. The van der Waals surface area contributed by atoms with Gasteiger partial charge in [0.15, 0.2) is 0 Å². The van der Waals surface area contributed by atoms with Crippen molar-refractivity contribution in [2.45, 2.75) is 18.0 Å². The quantitative estimate of drug-likeness (QED) is 0.860. The predicted molar refractivity (Wildman–Crippen MR) is 70.5 cm³/mol. The fraction of sp³-hybridized carbons (Fsp3) is 0.182. The molecule has 7 heteroatoms. The molecule has 0 fully saturated rings. The molecular weight excluding hydrogens is 270 g/mol. The molecule has 5 nitrogen and oxygen atoms in total. The molecule has 1 heterocycles.